The van der Waals surface area contributed by atoms with E-state index in [1.807, 2.05) is 6.26 Å². The van der Waals surface area contributed by atoms with Crippen molar-refractivity contribution in [3.05, 3.63) is 56.3 Å². The summed E-state index contributed by atoms with van der Waals surface area (Å²) in [6.45, 7) is 3.13. The van der Waals surface area contributed by atoms with Crippen LogP contribution in [0.15, 0.2) is 29.0 Å². The van der Waals surface area contributed by atoms with Gasteiger partial charge in [-0.25, -0.2) is 19.3 Å². The first-order valence-corrected chi connectivity index (χ1v) is 12.7. The summed E-state index contributed by atoms with van der Waals surface area (Å²) < 4.78 is 59.4. The molecule has 36 heavy (non-hydrogen) atoms. The fraction of sp³-hybridized carbons (Fsp3) is 0.381. The maximum absolute atomic E-state index is 14.9. The fourth-order valence-electron chi connectivity index (χ4n) is 3.91. The second kappa shape index (κ2) is 10.3. The van der Waals surface area contributed by atoms with Gasteiger partial charge in [0, 0.05) is 37.6 Å². The number of aromatic nitrogens is 4. The van der Waals surface area contributed by atoms with Crippen molar-refractivity contribution in [2.24, 2.45) is 0 Å². The van der Waals surface area contributed by atoms with Crippen LogP contribution in [0.4, 0.5) is 29.2 Å². The standard InChI is InChI=1S/C21H20BrF4N7O2S/c1-11-28-14(10-32(11)16-4-3-15(33(34)35)17(22)18(16)23)19-13(21(24,25)26)9-27-20(30-19)29-12-5-7-31(36-2)8-6-12/h3-4,9-10,12H,5-8H2,1-2H3,(H,27,29,30). The summed E-state index contributed by atoms with van der Waals surface area (Å²) in [7, 11) is 0. The largest absolute Gasteiger partial charge is 0.420 e. The summed E-state index contributed by atoms with van der Waals surface area (Å²) in [4.78, 5) is 22.5. The number of nitro groups is 1. The average molecular weight is 590 g/mol. The number of rotatable bonds is 6. The Morgan fingerprint density at radius 3 is 2.56 bits per heavy atom. The molecule has 1 aliphatic heterocycles. The third-order valence-electron chi connectivity index (χ3n) is 5.76. The van der Waals surface area contributed by atoms with Crippen LogP contribution in [-0.4, -0.2) is 54.1 Å². The van der Waals surface area contributed by atoms with Gasteiger partial charge in [-0.15, -0.1) is 0 Å². The Morgan fingerprint density at radius 1 is 1.25 bits per heavy atom. The van der Waals surface area contributed by atoms with Crippen molar-refractivity contribution in [2.75, 3.05) is 24.7 Å². The van der Waals surface area contributed by atoms with Crippen molar-refractivity contribution in [2.45, 2.75) is 32.0 Å². The van der Waals surface area contributed by atoms with E-state index in [-0.39, 0.29) is 33.7 Å². The van der Waals surface area contributed by atoms with Crippen LogP contribution in [-0.2, 0) is 6.18 Å². The highest BCUT2D eigenvalue weighted by Gasteiger charge is 2.36. The van der Waals surface area contributed by atoms with Crippen LogP contribution in [0, 0.1) is 22.9 Å². The van der Waals surface area contributed by atoms with E-state index in [4.69, 9.17) is 0 Å². The third kappa shape index (κ3) is 5.32. The molecule has 1 saturated heterocycles. The van der Waals surface area contributed by atoms with Gasteiger partial charge in [-0.1, -0.05) is 11.9 Å². The van der Waals surface area contributed by atoms with Crippen molar-refractivity contribution < 1.29 is 22.5 Å². The van der Waals surface area contributed by atoms with Gasteiger partial charge in [0.05, 0.1) is 10.6 Å². The van der Waals surface area contributed by atoms with Gasteiger partial charge in [0.2, 0.25) is 5.95 Å². The molecule has 0 atom stereocenters. The lowest BCUT2D eigenvalue weighted by atomic mass is 10.1. The molecule has 0 spiro atoms. The first-order chi connectivity index (χ1) is 17.0. The monoisotopic (exact) mass is 589 g/mol. The summed E-state index contributed by atoms with van der Waals surface area (Å²) in [5.41, 5.74) is -2.28. The van der Waals surface area contributed by atoms with Gasteiger partial charge in [-0.2, -0.15) is 13.2 Å². The fourth-order valence-corrected chi connectivity index (χ4v) is 4.96. The molecule has 0 unspecified atom stereocenters. The van der Waals surface area contributed by atoms with Crippen LogP contribution in [0.5, 0.6) is 0 Å². The summed E-state index contributed by atoms with van der Waals surface area (Å²) in [5.74, 6) is -0.749. The number of halogens is 5. The van der Waals surface area contributed by atoms with Gasteiger partial charge >= 0.3 is 6.18 Å². The van der Waals surface area contributed by atoms with Gasteiger partial charge in [-0.05, 0) is 48.0 Å². The predicted octanol–water partition coefficient (Wildman–Crippen LogP) is 5.62. The molecule has 192 valence electrons. The lowest BCUT2D eigenvalue weighted by Crippen LogP contribution is -2.35. The number of nitro benzene ring substituents is 1. The average Bonchev–Trinajstić information content (AvgIpc) is 3.21. The highest BCUT2D eigenvalue weighted by atomic mass is 79.9. The number of benzene rings is 1. The Kier molecular flexibility index (Phi) is 7.52. The summed E-state index contributed by atoms with van der Waals surface area (Å²) in [6.07, 6.45) is 0.715. The number of nitrogens with one attached hydrogen (secondary N) is 1. The second-order valence-electron chi connectivity index (χ2n) is 8.02. The van der Waals surface area contributed by atoms with Gasteiger partial charge in [-0.3, -0.25) is 14.4 Å². The summed E-state index contributed by atoms with van der Waals surface area (Å²) in [5, 5.41) is 14.2. The predicted molar refractivity (Wildman–Crippen MR) is 130 cm³/mol. The molecule has 3 aromatic rings. The minimum Gasteiger partial charge on any atom is -0.351 e. The molecule has 0 amide bonds. The normalized spacial score (nSPS) is 15.3. The molecule has 1 aromatic carbocycles. The van der Waals surface area contributed by atoms with Crippen molar-refractivity contribution in [3.8, 4) is 17.1 Å². The second-order valence-corrected chi connectivity index (χ2v) is 9.69. The number of hydrogen-bond donors (Lipinski definition) is 1. The maximum Gasteiger partial charge on any atom is 0.420 e. The lowest BCUT2D eigenvalue weighted by molar-refractivity contribution is -0.385. The Balaban J connectivity index is 1.72. The van der Waals surface area contributed by atoms with E-state index in [2.05, 4.69) is 40.5 Å². The Morgan fingerprint density at radius 2 is 1.94 bits per heavy atom. The van der Waals surface area contributed by atoms with Crippen LogP contribution in [0.1, 0.15) is 24.2 Å². The molecule has 0 bridgehead atoms. The van der Waals surface area contributed by atoms with Crippen LogP contribution >= 0.6 is 27.9 Å². The summed E-state index contributed by atoms with van der Waals surface area (Å²) >= 11 is 4.52. The lowest BCUT2D eigenvalue weighted by Gasteiger charge is -2.30. The van der Waals surface area contributed by atoms with E-state index < -0.39 is 33.9 Å². The molecule has 0 aliphatic carbocycles. The van der Waals surface area contributed by atoms with Gasteiger partial charge in [0.15, 0.2) is 5.82 Å². The van der Waals surface area contributed by atoms with E-state index in [0.717, 1.165) is 38.1 Å². The van der Waals surface area contributed by atoms with Gasteiger partial charge in [0.1, 0.15) is 27.2 Å². The molecule has 1 fully saturated rings. The zero-order valence-corrected chi connectivity index (χ0v) is 21.4. The molecule has 1 N–H and O–H groups in total. The van der Waals surface area contributed by atoms with E-state index in [1.165, 1.54) is 17.7 Å². The van der Waals surface area contributed by atoms with Crippen molar-refractivity contribution >= 4 is 39.5 Å². The smallest absolute Gasteiger partial charge is 0.351 e. The van der Waals surface area contributed by atoms with Crippen molar-refractivity contribution in [3.63, 3.8) is 0 Å². The Labute approximate surface area is 215 Å². The van der Waals surface area contributed by atoms with E-state index >= 15 is 0 Å². The number of anilines is 1. The molecule has 3 heterocycles. The number of alkyl halides is 3. The molecule has 9 nitrogen and oxygen atoms in total. The molecule has 2 aromatic heterocycles. The zero-order valence-electron chi connectivity index (χ0n) is 19.0. The third-order valence-corrected chi connectivity index (χ3v) is 7.40. The first-order valence-electron chi connectivity index (χ1n) is 10.7. The quantitative estimate of drug-likeness (QED) is 0.171. The molecule has 4 rings (SSSR count). The molecular weight excluding hydrogens is 570 g/mol. The van der Waals surface area contributed by atoms with Gasteiger partial charge < -0.3 is 9.88 Å². The number of hydrogen-bond acceptors (Lipinski definition) is 8. The Hall–Kier alpha value is -2.78. The number of aryl methyl sites for hydroxylation is 1. The number of nitrogens with zero attached hydrogens (tertiary/aromatic N) is 6. The topological polar surface area (TPSA) is 102 Å². The minimum absolute atomic E-state index is 0.00355. The summed E-state index contributed by atoms with van der Waals surface area (Å²) in [6, 6.07) is 2.26. The molecule has 0 radical (unpaired) electrons. The molecular formula is C21H20BrF4N7O2S. The van der Waals surface area contributed by atoms with Crippen LogP contribution in [0.2, 0.25) is 0 Å². The SMILES string of the molecule is CSN1CCC(Nc2ncc(C(F)(F)F)c(-c3cn(-c4ccc([N+](=O)[O-])c(Br)c4F)c(C)n3)n2)CC1. The van der Waals surface area contributed by atoms with E-state index in [1.54, 1.807) is 11.9 Å². The number of piperidine rings is 1. The first kappa shape index (κ1) is 26.3. The Bertz CT molecular complexity index is 1300. The van der Waals surface area contributed by atoms with Gasteiger partial charge in [0.25, 0.3) is 5.69 Å². The van der Waals surface area contributed by atoms with Crippen LogP contribution < -0.4 is 5.32 Å². The highest BCUT2D eigenvalue weighted by Crippen LogP contribution is 2.37. The van der Waals surface area contributed by atoms with Crippen molar-refractivity contribution in [1.82, 2.24) is 23.8 Å². The zero-order chi connectivity index (χ0) is 26.2. The molecule has 15 heteroatoms. The van der Waals surface area contributed by atoms with E-state index in [0.29, 0.717) is 6.20 Å². The van der Waals surface area contributed by atoms with Crippen molar-refractivity contribution in [1.29, 1.82) is 0 Å². The molecule has 1 aliphatic rings. The number of imidazole rings is 1. The minimum atomic E-state index is -4.75. The van der Waals surface area contributed by atoms with Crippen LogP contribution in [0.3, 0.4) is 0 Å². The van der Waals surface area contributed by atoms with Crippen LogP contribution in [0.25, 0.3) is 17.1 Å². The molecule has 0 saturated carbocycles. The van der Waals surface area contributed by atoms with E-state index in [9.17, 15) is 27.7 Å². The maximum atomic E-state index is 14.9. The highest BCUT2D eigenvalue weighted by molar-refractivity contribution is 9.10.